The third-order valence-corrected chi connectivity index (χ3v) is 2.75. The maximum Gasteiger partial charge on any atom is 0.334 e. The smallest absolute Gasteiger partial charge is 0.334 e. The van der Waals surface area contributed by atoms with Crippen LogP contribution in [0.1, 0.15) is 38.5 Å². The van der Waals surface area contributed by atoms with E-state index in [1.807, 2.05) is 0 Å². The lowest BCUT2D eigenvalue weighted by molar-refractivity contribution is -0.140. The molecular formula is C13H19NO5. The SMILES string of the molecule is COC(=O)/C=C(\CC(=O)OC)ON=C1CCCCC1. The highest BCUT2D eigenvalue weighted by Gasteiger charge is 2.12. The predicted octanol–water partition coefficient (Wildman–Crippen LogP) is 1.94. The zero-order valence-corrected chi connectivity index (χ0v) is 11.3. The molecule has 1 aliphatic carbocycles. The van der Waals surface area contributed by atoms with Crippen LogP contribution >= 0.6 is 0 Å². The molecule has 1 fully saturated rings. The van der Waals surface area contributed by atoms with Gasteiger partial charge in [0.25, 0.3) is 0 Å². The Hall–Kier alpha value is -1.85. The minimum absolute atomic E-state index is 0.122. The van der Waals surface area contributed by atoms with Crippen LogP contribution in [0.4, 0.5) is 0 Å². The summed E-state index contributed by atoms with van der Waals surface area (Å²) in [6.45, 7) is 0. The molecular weight excluding hydrogens is 250 g/mol. The molecule has 0 saturated heterocycles. The number of rotatable bonds is 5. The number of hydrogen-bond donors (Lipinski definition) is 0. The zero-order chi connectivity index (χ0) is 14.1. The Bertz CT molecular complexity index is 378. The third-order valence-electron chi connectivity index (χ3n) is 2.75. The Balaban J connectivity index is 2.65. The van der Waals surface area contributed by atoms with Crippen molar-refractivity contribution in [2.24, 2.45) is 5.16 Å². The molecule has 1 rings (SSSR count). The topological polar surface area (TPSA) is 74.2 Å². The summed E-state index contributed by atoms with van der Waals surface area (Å²) < 4.78 is 9.02. The van der Waals surface area contributed by atoms with E-state index in [0.29, 0.717) is 0 Å². The largest absolute Gasteiger partial charge is 0.469 e. The maximum atomic E-state index is 11.2. The van der Waals surface area contributed by atoms with Gasteiger partial charge in [-0.2, -0.15) is 0 Å². The van der Waals surface area contributed by atoms with E-state index in [2.05, 4.69) is 14.6 Å². The standard InChI is InChI=1S/C13H19NO5/c1-17-12(15)8-11(9-13(16)18-2)19-14-10-6-4-3-5-7-10/h8H,3-7,9H2,1-2H3/b11-8+. The molecule has 6 heteroatoms. The molecule has 0 aromatic heterocycles. The molecule has 0 aliphatic heterocycles. The van der Waals surface area contributed by atoms with E-state index in [1.54, 1.807) is 0 Å². The Morgan fingerprint density at radius 3 is 2.42 bits per heavy atom. The van der Waals surface area contributed by atoms with Gasteiger partial charge in [-0.05, 0) is 25.7 Å². The van der Waals surface area contributed by atoms with Gasteiger partial charge in [-0.3, -0.25) is 4.79 Å². The summed E-state index contributed by atoms with van der Waals surface area (Å²) in [5, 5.41) is 3.99. The maximum absolute atomic E-state index is 11.2. The fourth-order valence-corrected chi connectivity index (χ4v) is 1.69. The van der Waals surface area contributed by atoms with Gasteiger partial charge in [-0.1, -0.05) is 11.6 Å². The van der Waals surface area contributed by atoms with E-state index in [0.717, 1.165) is 37.5 Å². The quantitative estimate of drug-likeness (QED) is 0.330. The number of oxime groups is 1. The summed E-state index contributed by atoms with van der Waals surface area (Å²) >= 11 is 0. The van der Waals surface area contributed by atoms with Crippen LogP contribution in [0.2, 0.25) is 0 Å². The lowest BCUT2D eigenvalue weighted by Crippen LogP contribution is -2.08. The van der Waals surface area contributed by atoms with Crippen LogP contribution in [-0.2, 0) is 23.9 Å². The summed E-state index contributed by atoms with van der Waals surface area (Å²) in [5.41, 5.74) is 0.951. The molecule has 1 aliphatic rings. The van der Waals surface area contributed by atoms with Crippen LogP contribution < -0.4 is 0 Å². The van der Waals surface area contributed by atoms with E-state index in [9.17, 15) is 9.59 Å². The molecule has 0 atom stereocenters. The third kappa shape index (κ3) is 6.03. The van der Waals surface area contributed by atoms with Gasteiger partial charge >= 0.3 is 11.9 Å². The summed E-state index contributed by atoms with van der Waals surface area (Å²) in [6.07, 6.45) is 6.12. The first kappa shape index (κ1) is 15.2. The first-order valence-electron chi connectivity index (χ1n) is 6.23. The van der Waals surface area contributed by atoms with Crippen LogP contribution in [0.5, 0.6) is 0 Å². The fraction of sp³-hybridized carbons (Fsp3) is 0.615. The lowest BCUT2D eigenvalue weighted by atomic mass is 9.99. The number of carbonyl (C=O) groups is 2. The van der Waals surface area contributed by atoms with Crippen LogP contribution in [0.3, 0.4) is 0 Å². The van der Waals surface area contributed by atoms with Crippen LogP contribution in [0, 0.1) is 0 Å². The van der Waals surface area contributed by atoms with Gasteiger partial charge in [0.2, 0.25) is 0 Å². The van der Waals surface area contributed by atoms with Crippen LogP contribution in [-0.4, -0.2) is 31.9 Å². The van der Waals surface area contributed by atoms with Gasteiger partial charge in [0.15, 0.2) is 5.76 Å². The molecule has 6 nitrogen and oxygen atoms in total. The molecule has 0 unspecified atom stereocenters. The number of methoxy groups -OCH3 is 2. The van der Waals surface area contributed by atoms with Gasteiger partial charge in [-0.15, -0.1) is 0 Å². The van der Waals surface area contributed by atoms with Crippen molar-refractivity contribution in [3.63, 3.8) is 0 Å². The number of nitrogens with zero attached hydrogens (tertiary/aromatic N) is 1. The molecule has 0 aromatic rings. The Labute approximate surface area is 112 Å². The molecule has 0 aromatic carbocycles. The van der Waals surface area contributed by atoms with Crippen molar-refractivity contribution in [3.8, 4) is 0 Å². The molecule has 0 heterocycles. The minimum atomic E-state index is -0.595. The average molecular weight is 269 g/mol. The predicted molar refractivity (Wildman–Crippen MR) is 68.3 cm³/mol. The summed E-state index contributed by atoms with van der Waals surface area (Å²) in [5.74, 6) is -0.974. The second-order valence-corrected chi connectivity index (χ2v) is 4.20. The van der Waals surface area contributed by atoms with Gasteiger partial charge < -0.3 is 14.3 Å². The van der Waals surface area contributed by atoms with Crippen molar-refractivity contribution in [1.29, 1.82) is 0 Å². The van der Waals surface area contributed by atoms with Crippen molar-refractivity contribution in [1.82, 2.24) is 0 Å². The van der Waals surface area contributed by atoms with Crippen molar-refractivity contribution < 1.29 is 23.9 Å². The van der Waals surface area contributed by atoms with Crippen molar-refractivity contribution in [2.45, 2.75) is 38.5 Å². The Kier molecular flexibility index (Phi) is 6.63. The molecule has 106 valence electrons. The van der Waals surface area contributed by atoms with Gasteiger partial charge in [-0.25, -0.2) is 4.79 Å². The number of carbonyl (C=O) groups excluding carboxylic acids is 2. The molecule has 19 heavy (non-hydrogen) atoms. The number of hydrogen-bond acceptors (Lipinski definition) is 6. The first-order chi connectivity index (χ1) is 9.15. The van der Waals surface area contributed by atoms with Gasteiger partial charge in [0.1, 0.15) is 6.42 Å². The zero-order valence-electron chi connectivity index (χ0n) is 11.3. The van der Waals surface area contributed by atoms with Crippen molar-refractivity contribution in [2.75, 3.05) is 14.2 Å². The molecule has 0 N–H and O–H groups in total. The Morgan fingerprint density at radius 2 is 1.84 bits per heavy atom. The monoisotopic (exact) mass is 269 g/mol. The van der Waals surface area contributed by atoms with E-state index < -0.39 is 11.9 Å². The lowest BCUT2D eigenvalue weighted by Gasteiger charge is -2.12. The summed E-state index contributed by atoms with van der Waals surface area (Å²) in [4.78, 5) is 27.5. The molecule has 0 spiro atoms. The van der Waals surface area contributed by atoms with E-state index in [4.69, 9.17) is 4.84 Å². The highest BCUT2D eigenvalue weighted by atomic mass is 16.6. The summed E-state index contributed by atoms with van der Waals surface area (Å²) in [6, 6.07) is 0. The molecule has 1 saturated carbocycles. The normalized spacial score (nSPS) is 15.7. The van der Waals surface area contributed by atoms with Crippen molar-refractivity contribution in [3.05, 3.63) is 11.8 Å². The van der Waals surface area contributed by atoms with Crippen LogP contribution in [0.25, 0.3) is 0 Å². The first-order valence-corrected chi connectivity index (χ1v) is 6.23. The molecule has 0 radical (unpaired) electrons. The second-order valence-electron chi connectivity index (χ2n) is 4.20. The highest BCUT2D eigenvalue weighted by molar-refractivity contribution is 5.85. The van der Waals surface area contributed by atoms with E-state index in [-0.39, 0.29) is 12.2 Å². The Morgan fingerprint density at radius 1 is 1.16 bits per heavy atom. The minimum Gasteiger partial charge on any atom is -0.469 e. The average Bonchev–Trinajstić information content (AvgIpc) is 2.45. The van der Waals surface area contributed by atoms with E-state index >= 15 is 0 Å². The molecule has 0 bridgehead atoms. The molecule has 0 amide bonds. The number of esters is 2. The van der Waals surface area contributed by atoms with Gasteiger partial charge in [0, 0.05) is 0 Å². The van der Waals surface area contributed by atoms with E-state index in [1.165, 1.54) is 20.6 Å². The van der Waals surface area contributed by atoms with Gasteiger partial charge in [0.05, 0.1) is 26.0 Å². The van der Waals surface area contributed by atoms with Crippen molar-refractivity contribution >= 4 is 17.7 Å². The summed E-state index contributed by atoms with van der Waals surface area (Å²) in [7, 11) is 2.52. The fourth-order valence-electron chi connectivity index (χ4n) is 1.69. The van der Waals surface area contributed by atoms with Crippen LogP contribution in [0.15, 0.2) is 17.0 Å². The number of ether oxygens (including phenoxy) is 2. The second kappa shape index (κ2) is 8.29. The highest BCUT2D eigenvalue weighted by Crippen LogP contribution is 2.16.